The summed E-state index contributed by atoms with van der Waals surface area (Å²) in [5.41, 5.74) is 10.3. The highest BCUT2D eigenvalue weighted by Crippen LogP contribution is 1.92. The summed E-state index contributed by atoms with van der Waals surface area (Å²) >= 11 is 0. The minimum atomic E-state index is -0.130. The van der Waals surface area contributed by atoms with Crippen molar-refractivity contribution in [2.75, 3.05) is 11.5 Å². The maximum Gasteiger partial charge on any atom is 0.391 e. The molecule has 5 nitrogen and oxygen atoms in total. The second-order valence-electron chi connectivity index (χ2n) is 1.54. The second kappa shape index (κ2) is 1.77. The molecule has 4 N–H and O–H groups in total. The van der Waals surface area contributed by atoms with Crippen molar-refractivity contribution in [1.82, 2.24) is 4.98 Å². The van der Waals surface area contributed by atoms with Crippen molar-refractivity contribution < 1.29 is 4.73 Å². The zero-order valence-electron chi connectivity index (χ0n) is 4.61. The molecule has 1 aromatic rings. The van der Waals surface area contributed by atoms with Gasteiger partial charge in [0.2, 0.25) is 5.82 Å². The largest absolute Gasteiger partial charge is 0.740 e. The molecule has 48 valence electrons. The molecule has 0 saturated heterocycles. The van der Waals surface area contributed by atoms with Crippen LogP contribution < -0.4 is 16.2 Å². The maximum absolute atomic E-state index is 10.4. The van der Waals surface area contributed by atoms with Gasteiger partial charge in [-0.25, -0.2) is 4.73 Å². The average Bonchev–Trinajstić information content (AvgIpc) is 1.80. The lowest BCUT2D eigenvalue weighted by Gasteiger charge is -2.01. The van der Waals surface area contributed by atoms with Crippen molar-refractivity contribution >= 4 is 11.8 Å². The molecule has 0 aliphatic carbocycles. The van der Waals surface area contributed by atoms with E-state index in [-0.39, 0.29) is 11.8 Å². The van der Waals surface area contributed by atoms with Crippen LogP contribution in [0.25, 0.3) is 0 Å². The molecule has 9 heavy (non-hydrogen) atoms. The van der Waals surface area contributed by atoms with Gasteiger partial charge in [0.1, 0.15) is 0 Å². The van der Waals surface area contributed by atoms with E-state index in [1.54, 1.807) is 0 Å². The summed E-state index contributed by atoms with van der Waals surface area (Å²) in [5.74, 6) is 0.120. The molecule has 0 bridgehead atoms. The van der Waals surface area contributed by atoms with Gasteiger partial charge in [-0.2, -0.15) is 0 Å². The van der Waals surface area contributed by atoms with Crippen LogP contribution >= 0.6 is 0 Å². The summed E-state index contributed by atoms with van der Waals surface area (Å²) in [6.07, 6.45) is 1.21. The topological polar surface area (TPSA) is 91.9 Å². The van der Waals surface area contributed by atoms with Crippen LogP contribution in [0.4, 0.5) is 11.8 Å². The minimum Gasteiger partial charge on any atom is -0.740 e. The van der Waals surface area contributed by atoms with Crippen LogP contribution in [0, 0.1) is 5.21 Å². The number of nitrogens with zero attached hydrogens (tertiary/aromatic N) is 2. The Labute approximate surface area is 51.5 Å². The van der Waals surface area contributed by atoms with Crippen molar-refractivity contribution in [2.24, 2.45) is 0 Å². The lowest BCUT2D eigenvalue weighted by Crippen LogP contribution is -2.31. The van der Waals surface area contributed by atoms with E-state index in [4.69, 9.17) is 11.5 Å². The van der Waals surface area contributed by atoms with Crippen LogP contribution in [0.3, 0.4) is 0 Å². The Morgan fingerprint density at radius 3 is 2.67 bits per heavy atom. The molecule has 0 radical (unpaired) electrons. The van der Waals surface area contributed by atoms with Gasteiger partial charge in [-0.1, -0.05) is 4.98 Å². The first-order valence-electron chi connectivity index (χ1n) is 2.31. The molecule has 0 aliphatic heterocycles. The van der Waals surface area contributed by atoms with Crippen molar-refractivity contribution in [1.29, 1.82) is 0 Å². The van der Waals surface area contributed by atoms with Gasteiger partial charge in [-0.05, 0) is 0 Å². The molecule has 1 aromatic heterocycles. The number of anilines is 2. The smallest absolute Gasteiger partial charge is 0.391 e. The fraction of sp³-hybridized carbons (Fsp3) is 0. The molecule has 0 saturated carbocycles. The lowest BCUT2D eigenvalue weighted by atomic mass is 10.6. The lowest BCUT2D eigenvalue weighted by molar-refractivity contribution is -0.592. The summed E-state index contributed by atoms with van der Waals surface area (Å²) in [6, 6.07) is 1.38. The van der Waals surface area contributed by atoms with E-state index in [9.17, 15) is 5.21 Å². The third-order valence-electron chi connectivity index (χ3n) is 0.850. The number of nitrogen functional groups attached to an aromatic ring is 2. The van der Waals surface area contributed by atoms with Crippen LogP contribution in [-0.2, 0) is 0 Å². The third kappa shape index (κ3) is 0.987. The van der Waals surface area contributed by atoms with E-state index in [1.807, 2.05) is 0 Å². The van der Waals surface area contributed by atoms with Crippen molar-refractivity contribution in [2.45, 2.75) is 0 Å². The maximum atomic E-state index is 10.4. The molecular weight excluding hydrogens is 120 g/mol. The van der Waals surface area contributed by atoms with Crippen LogP contribution in [0.1, 0.15) is 0 Å². The van der Waals surface area contributed by atoms with E-state index < -0.39 is 0 Å². The van der Waals surface area contributed by atoms with Crippen LogP contribution in [-0.4, -0.2) is 4.98 Å². The fourth-order valence-corrected chi connectivity index (χ4v) is 0.439. The Kier molecular flexibility index (Phi) is 1.11. The first-order chi connectivity index (χ1) is 4.20. The first kappa shape index (κ1) is 5.61. The Morgan fingerprint density at radius 2 is 2.22 bits per heavy atom. The summed E-state index contributed by atoms with van der Waals surface area (Å²) in [6.45, 7) is 0. The third-order valence-corrected chi connectivity index (χ3v) is 0.850. The van der Waals surface area contributed by atoms with Gasteiger partial charge in [0.05, 0.1) is 6.20 Å². The number of rotatable bonds is 0. The van der Waals surface area contributed by atoms with Gasteiger partial charge < -0.3 is 10.9 Å². The van der Waals surface area contributed by atoms with Gasteiger partial charge in [-0.15, -0.1) is 0 Å². The van der Waals surface area contributed by atoms with Gasteiger partial charge in [0, 0.05) is 6.07 Å². The molecule has 0 aromatic carbocycles. The number of hydrogen-bond donors (Lipinski definition) is 2. The zero-order valence-corrected chi connectivity index (χ0v) is 4.61. The van der Waals surface area contributed by atoms with E-state index in [0.29, 0.717) is 4.73 Å². The van der Waals surface area contributed by atoms with Gasteiger partial charge >= 0.3 is 5.95 Å². The highest BCUT2D eigenvalue weighted by atomic mass is 16.5. The highest BCUT2D eigenvalue weighted by Gasteiger charge is 1.97. The normalized spacial score (nSPS) is 9.33. The number of nitrogens with two attached hydrogens (primary N) is 2. The standard InChI is InChI=1S/C4H6N4O/c5-3-1-2-8(9)4(6)7-3/h1-2H,(H4,5,6,7). The molecule has 0 spiro atoms. The van der Waals surface area contributed by atoms with Crippen LogP contribution in [0.2, 0.25) is 0 Å². The molecule has 0 atom stereocenters. The zero-order chi connectivity index (χ0) is 6.85. The Morgan fingerprint density at radius 1 is 1.56 bits per heavy atom. The van der Waals surface area contributed by atoms with Gasteiger partial charge in [-0.3, -0.25) is 5.73 Å². The van der Waals surface area contributed by atoms with E-state index >= 15 is 0 Å². The molecule has 0 unspecified atom stereocenters. The average molecular weight is 126 g/mol. The summed E-state index contributed by atoms with van der Waals surface area (Å²) in [7, 11) is 0. The van der Waals surface area contributed by atoms with E-state index in [0.717, 1.165) is 0 Å². The molecule has 1 heterocycles. The molecule has 1 rings (SSSR count). The van der Waals surface area contributed by atoms with Crippen molar-refractivity contribution in [3.05, 3.63) is 17.5 Å². The van der Waals surface area contributed by atoms with E-state index in [2.05, 4.69) is 4.98 Å². The summed E-state index contributed by atoms with van der Waals surface area (Å²) in [4.78, 5) is 3.48. The quantitative estimate of drug-likeness (QED) is 0.340. The minimum absolute atomic E-state index is 0.130. The summed E-state index contributed by atoms with van der Waals surface area (Å²) < 4.78 is 0.441. The fourth-order valence-electron chi connectivity index (χ4n) is 0.439. The SMILES string of the molecule is Nc1cc[n+]([O-])c(N)n1. The number of hydrogen-bond acceptors (Lipinski definition) is 4. The number of aromatic nitrogens is 2. The molecule has 5 heteroatoms. The predicted molar refractivity (Wildman–Crippen MR) is 32.0 cm³/mol. The van der Waals surface area contributed by atoms with Crippen LogP contribution in [0.5, 0.6) is 0 Å². The van der Waals surface area contributed by atoms with Crippen LogP contribution in [0.15, 0.2) is 12.3 Å². The predicted octanol–water partition coefficient (Wildman–Crippen LogP) is -1.12. The van der Waals surface area contributed by atoms with Gasteiger partial charge in [0.15, 0.2) is 0 Å². The Bertz CT molecular complexity index is 224. The second-order valence-corrected chi connectivity index (χ2v) is 1.54. The van der Waals surface area contributed by atoms with Crippen molar-refractivity contribution in [3.8, 4) is 0 Å². The van der Waals surface area contributed by atoms with Crippen molar-refractivity contribution in [3.63, 3.8) is 0 Å². The Balaban J connectivity index is 3.17. The van der Waals surface area contributed by atoms with E-state index in [1.165, 1.54) is 12.3 Å². The summed E-state index contributed by atoms with van der Waals surface area (Å²) in [5, 5.41) is 10.4. The highest BCUT2D eigenvalue weighted by molar-refractivity contribution is 5.28. The molecular formula is C4H6N4O. The monoisotopic (exact) mass is 126 g/mol. The van der Waals surface area contributed by atoms with Gasteiger partial charge in [0.25, 0.3) is 0 Å². The molecule has 0 aliphatic rings. The first-order valence-corrected chi connectivity index (χ1v) is 2.31. The Hall–Kier alpha value is -1.52. The molecule has 0 amide bonds. The molecule has 0 fully saturated rings.